The highest BCUT2D eigenvalue weighted by Gasteiger charge is 2.06. The molecule has 0 amide bonds. The molecule has 0 radical (unpaired) electrons. The van der Waals surface area contributed by atoms with Crippen molar-refractivity contribution in [1.82, 2.24) is 0 Å². The number of ether oxygens (including phenoxy) is 2. The van der Waals surface area contributed by atoms with Gasteiger partial charge in [0.15, 0.2) is 0 Å². The van der Waals surface area contributed by atoms with Crippen LogP contribution in [0.3, 0.4) is 0 Å². The Kier molecular flexibility index (Phi) is 7.76. The van der Waals surface area contributed by atoms with Crippen LogP contribution in [0.15, 0.2) is 36.4 Å². The quantitative estimate of drug-likeness (QED) is 0.267. The van der Waals surface area contributed by atoms with Gasteiger partial charge in [-0.3, -0.25) is 10.8 Å². The van der Waals surface area contributed by atoms with E-state index in [1.165, 1.54) is 0 Å². The zero-order valence-electron chi connectivity index (χ0n) is 14.7. The van der Waals surface area contributed by atoms with Gasteiger partial charge in [0.2, 0.25) is 0 Å². The van der Waals surface area contributed by atoms with Gasteiger partial charge in [-0.2, -0.15) is 0 Å². The molecule has 2 aromatic rings. The van der Waals surface area contributed by atoms with Crippen LogP contribution in [0.4, 0.5) is 0 Å². The van der Waals surface area contributed by atoms with Gasteiger partial charge in [-0.05, 0) is 55.7 Å². The van der Waals surface area contributed by atoms with Gasteiger partial charge in [-0.1, -0.05) is 23.2 Å². The highest BCUT2D eigenvalue weighted by atomic mass is 35.5. The Morgan fingerprint density at radius 1 is 0.741 bits per heavy atom. The van der Waals surface area contributed by atoms with Crippen molar-refractivity contribution < 1.29 is 9.47 Å². The molecule has 0 fully saturated rings. The molecule has 0 heterocycles. The molecule has 0 bridgehead atoms. The number of unbranched alkanes of at least 4 members (excludes halogenated alkanes) is 2. The molecule has 27 heavy (non-hydrogen) atoms. The molecule has 0 unspecified atom stereocenters. The number of nitrogens with two attached hydrogens (primary N) is 2. The molecule has 0 aliphatic carbocycles. The normalized spacial score (nSPS) is 10.4. The SMILES string of the molecule is N=C(N)c1ccc(OCCCCCOc2ccc(C(=N)N)cc2Cl)c(Cl)c1. The van der Waals surface area contributed by atoms with Gasteiger partial charge < -0.3 is 20.9 Å². The fraction of sp³-hybridized carbons (Fsp3) is 0.263. The minimum Gasteiger partial charge on any atom is -0.492 e. The van der Waals surface area contributed by atoms with E-state index in [2.05, 4.69) is 0 Å². The number of hydrogen-bond acceptors (Lipinski definition) is 4. The van der Waals surface area contributed by atoms with Crippen LogP contribution in [-0.2, 0) is 0 Å². The Balaban J connectivity index is 1.67. The van der Waals surface area contributed by atoms with Gasteiger partial charge in [0.05, 0.1) is 23.3 Å². The molecule has 6 nitrogen and oxygen atoms in total. The Hall–Kier alpha value is -2.44. The molecule has 0 aliphatic rings. The lowest BCUT2D eigenvalue weighted by Crippen LogP contribution is -2.11. The largest absolute Gasteiger partial charge is 0.492 e. The predicted octanol–water partition coefficient (Wildman–Crippen LogP) is 4.19. The lowest BCUT2D eigenvalue weighted by atomic mass is 10.2. The van der Waals surface area contributed by atoms with E-state index >= 15 is 0 Å². The van der Waals surface area contributed by atoms with Crippen LogP contribution < -0.4 is 20.9 Å². The summed E-state index contributed by atoms with van der Waals surface area (Å²) in [6.45, 7) is 1.07. The van der Waals surface area contributed by atoms with Crippen molar-refractivity contribution in [3.63, 3.8) is 0 Å². The maximum atomic E-state index is 7.38. The minimum absolute atomic E-state index is 0.0283. The molecular formula is C19H22Cl2N4O2. The second kappa shape index (κ2) is 10.0. The van der Waals surface area contributed by atoms with Crippen LogP contribution in [0, 0.1) is 10.8 Å². The Labute approximate surface area is 168 Å². The van der Waals surface area contributed by atoms with Crippen LogP contribution in [0.5, 0.6) is 11.5 Å². The number of amidine groups is 2. The first-order chi connectivity index (χ1) is 12.9. The monoisotopic (exact) mass is 408 g/mol. The van der Waals surface area contributed by atoms with Crippen molar-refractivity contribution in [2.75, 3.05) is 13.2 Å². The smallest absolute Gasteiger partial charge is 0.137 e. The highest BCUT2D eigenvalue weighted by molar-refractivity contribution is 6.32. The Bertz CT molecular complexity index is 760. The maximum Gasteiger partial charge on any atom is 0.137 e. The summed E-state index contributed by atoms with van der Waals surface area (Å²) in [5.74, 6) is 1.10. The molecule has 8 heteroatoms. The van der Waals surface area contributed by atoms with E-state index in [4.69, 9.17) is 55.0 Å². The van der Waals surface area contributed by atoms with Gasteiger partial charge >= 0.3 is 0 Å². The summed E-state index contributed by atoms with van der Waals surface area (Å²) in [5.41, 5.74) is 12.0. The zero-order valence-corrected chi connectivity index (χ0v) is 16.2. The van der Waals surface area contributed by atoms with E-state index in [1.807, 2.05) is 0 Å². The molecule has 0 spiro atoms. The average molecular weight is 409 g/mol. The third-order valence-corrected chi connectivity index (χ3v) is 4.38. The highest BCUT2D eigenvalue weighted by Crippen LogP contribution is 2.26. The summed E-state index contributed by atoms with van der Waals surface area (Å²) < 4.78 is 11.3. The standard InChI is InChI=1S/C19H22Cl2N4O2/c20-14-10-12(18(22)23)4-6-16(14)26-8-2-1-3-9-27-17-7-5-13(19(24)25)11-15(17)21/h4-7,10-11H,1-3,8-9H2,(H3,22,23)(H3,24,25). The van der Waals surface area contributed by atoms with Gasteiger partial charge in [0.1, 0.15) is 23.2 Å². The van der Waals surface area contributed by atoms with E-state index < -0.39 is 0 Å². The lowest BCUT2D eigenvalue weighted by molar-refractivity contribution is 0.279. The summed E-state index contributed by atoms with van der Waals surface area (Å²) in [6.07, 6.45) is 2.63. The fourth-order valence-corrected chi connectivity index (χ4v) is 2.79. The number of nitrogens with one attached hydrogen (secondary N) is 2. The predicted molar refractivity (Wildman–Crippen MR) is 110 cm³/mol. The van der Waals surface area contributed by atoms with E-state index in [-0.39, 0.29) is 11.7 Å². The number of halogens is 2. The number of nitrogen functional groups attached to an aromatic ring is 2. The maximum absolute atomic E-state index is 7.38. The zero-order chi connectivity index (χ0) is 19.8. The molecule has 6 N–H and O–H groups in total. The number of hydrogen-bond donors (Lipinski definition) is 4. The third kappa shape index (κ3) is 6.34. The van der Waals surface area contributed by atoms with Crippen molar-refractivity contribution in [2.24, 2.45) is 11.5 Å². The Morgan fingerprint density at radius 3 is 1.48 bits per heavy atom. The molecule has 0 aromatic heterocycles. The molecule has 144 valence electrons. The second-order valence-electron chi connectivity index (χ2n) is 5.88. The minimum atomic E-state index is -0.0283. The first kappa shape index (κ1) is 20.9. The van der Waals surface area contributed by atoms with E-state index in [0.717, 1.165) is 19.3 Å². The molecule has 0 aliphatic heterocycles. The van der Waals surface area contributed by atoms with E-state index in [0.29, 0.717) is 45.9 Å². The van der Waals surface area contributed by atoms with Crippen LogP contribution in [0.25, 0.3) is 0 Å². The molecular weight excluding hydrogens is 387 g/mol. The topological polar surface area (TPSA) is 118 Å². The summed E-state index contributed by atoms with van der Waals surface area (Å²) in [5, 5.41) is 15.6. The average Bonchev–Trinajstić information content (AvgIpc) is 2.62. The number of benzene rings is 2. The van der Waals surface area contributed by atoms with Crippen LogP contribution in [0.2, 0.25) is 10.0 Å². The van der Waals surface area contributed by atoms with Crippen molar-refractivity contribution in [3.8, 4) is 11.5 Å². The van der Waals surface area contributed by atoms with Crippen molar-refractivity contribution in [2.45, 2.75) is 19.3 Å². The summed E-state index contributed by atoms with van der Waals surface area (Å²) >= 11 is 12.2. The Morgan fingerprint density at radius 2 is 1.15 bits per heavy atom. The van der Waals surface area contributed by atoms with Gasteiger partial charge in [-0.15, -0.1) is 0 Å². The summed E-state index contributed by atoms with van der Waals surface area (Å²) in [6, 6.07) is 10.1. The van der Waals surface area contributed by atoms with Crippen molar-refractivity contribution in [1.29, 1.82) is 10.8 Å². The van der Waals surface area contributed by atoms with Gasteiger partial charge in [-0.25, -0.2) is 0 Å². The second-order valence-corrected chi connectivity index (χ2v) is 6.69. The molecule has 0 atom stereocenters. The lowest BCUT2D eigenvalue weighted by Gasteiger charge is -2.10. The van der Waals surface area contributed by atoms with Gasteiger partial charge in [0, 0.05) is 11.1 Å². The van der Waals surface area contributed by atoms with Crippen LogP contribution in [-0.4, -0.2) is 24.9 Å². The summed E-state index contributed by atoms with van der Waals surface area (Å²) in [4.78, 5) is 0. The third-order valence-electron chi connectivity index (χ3n) is 3.79. The van der Waals surface area contributed by atoms with Crippen molar-refractivity contribution >= 4 is 34.9 Å². The molecule has 2 aromatic carbocycles. The number of rotatable bonds is 10. The molecule has 0 saturated carbocycles. The van der Waals surface area contributed by atoms with Crippen molar-refractivity contribution in [3.05, 3.63) is 57.6 Å². The van der Waals surface area contributed by atoms with E-state index in [9.17, 15) is 0 Å². The first-order valence-corrected chi connectivity index (χ1v) is 9.17. The summed E-state index contributed by atoms with van der Waals surface area (Å²) in [7, 11) is 0. The van der Waals surface area contributed by atoms with Crippen LogP contribution in [0.1, 0.15) is 30.4 Å². The fourth-order valence-electron chi connectivity index (χ4n) is 2.32. The first-order valence-electron chi connectivity index (χ1n) is 8.42. The molecule has 0 saturated heterocycles. The van der Waals surface area contributed by atoms with Gasteiger partial charge in [0.25, 0.3) is 0 Å². The van der Waals surface area contributed by atoms with Crippen LogP contribution >= 0.6 is 23.2 Å². The van der Waals surface area contributed by atoms with E-state index in [1.54, 1.807) is 36.4 Å². The molecule has 2 rings (SSSR count).